The Morgan fingerprint density at radius 3 is 2.76 bits per heavy atom. The van der Waals surface area contributed by atoms with Gasteiger partial charge in [-0.15, -0.1) is 0 Å². The molecular formula is C11H8BrClN2O2. The first-order chi connectivity index (χ1) is 8.06. The largest absolute Gasteiger partial charge is 0.444 e. The van der Waals surface area contributed by atoms with Gasteiger partial charge in [-0.25, -0.2) is 0 Å². The van der Waals surface area contributed by atoms with Crippen molar-refractivity contribution in [1.29, 1.82) is 0 Å². The number of halogens is 2. The zero-order chi connectivity index (χ0) is 12.4. The van der Waals surface area contributed by atoms with Gasteiger partial charge in [-0.05, 0) is 46.3 Å². The van der Waals surface area contributed by atoms with E-state index in [9.17, 15) is 4.79 Å². The normalized spacial score (nSPS) is 10.2. The van der Waals surface area contributed by atoms with Gasteiger partial charge >= 0.3 is 0 Å². The summed E-state index contributed by atoms with van der Waals surface area (Å²) in [6, 6.07) is 8.04. The third kappa shape index (κ3) is 2.81. The Morgan fingerprint density at radius 2 is 2.12 bits per heavy atom. The Labute approximate surface area is 111 Å². The molecule has 1 aromatic carbocycles. The summed E-state index contributed by atoms with van der Waals surface area (Å²) in [5.41, 5.74) is 6.60. The number of hydrogen-bond donors (Lipinski definition) is 2. The number of carbonyl (C=O) groups excluding carboxylic acids is 1. The van der Waals surface area contributed by atoms with Crippen LogP contribution in [0.5, 0.6) is 0 Å². The first-order valence-corrected chi connectivity index (χ1v) is 5.85. The van der Waals surface area contributed by atoms with Gasteiger partial charge in [-0.2, -0.15) is 0 Å². The standard InChI is InChI=1S/C11H8BrClN2O2/c12-10-4-3-9(17-10)11(16)15-8-5-6(13)1-2-7(8)14/h1-5H,14H2,(H,15,16). The van der Waals surface area contributed by atoms with Gasteiger partial charge in [0, 0.05) is 5.02 Å². The average molecular weight is 316 g/mol. The second kappa shape index (κ2) is 4.81. The molecule has 1 heterocycles. The van der Waals surface area contributed by atoms with Gasteiger partial charge < -0.3 is 15.5 Å². The number of amides is 1. The molecule has 0 atom stereocenters. The molecule has 0 bridgehead atoms. The van der Waals surface area contributed by atoms with Crippen molar-refractivity contribution in [3.63, 3.8) is 0 Å². The third-order valence-corrected chi connectivity index (χ3v) is 2.72. The first kappa shape index (κ1) is 12.0. The number of furan rings is 1. The van der Waals surface area contributed by atoms with Crippen LogP contribution in [0.4, 0.5) is 11.4 Å². The number of nitrogens with two attached hydrogens (primary N) is 1. The van der Waals surface area contributed by atoms with Gasteiger partial charge in [0.05, 0.1) is 11.4 Å². The van der Waals surface area contributed by atoms with Crippen LogP contribution in [0.25, 0.3) is 0 Å². The molecule has 0 radical (unpaired) electrons. The van der Waals surface area contributed by atoms with Gasteiger partial charge in [0.2, 0.25) is 0 Å². The number of benzene rings is 1. The van der Waals surface area contributed by atoms with Crippen molar-refractivity contribution < 1.29 is 9.21 Å². The molecule has 17 heavy (non-hydrogen) atoms. The van der Waals surface area contributed by atoms with Crippen LogP contribution >= 0.6 is 27.5 Å². The second-order valence-corrected chi connectivity index (χ2v) is 4.51. The van der Waals surface area contributed by atoms with E-state index >= 15 is 0 Å². The van der Waals surface area contributed by atoms with Crippen molar-refractivity contribution >= 4 is 44.8 Å². The molecule has 88 valence electrons. The molecule has 4 nitrogen and oxygen atoms in total. The monoisotopic (exact) mass is 314 g/mol. The molecule has 1 amide bonds. The van der Waals surface area contributed by atoms with E-state index in [-0.39, 0.29) is 11.7 Å². The molecule has 2 rings (SSSR count). The van der Waals surface area contributed by atoms with Crippen molar-refractivity contribution in [2.45, 2.75) is 0 Å². The van der Waals surface area contributed by atoms with Gasteiger partial charge in [0.15, 0.2) is 10.4 Å². The molecule has 0 unspecified atom stereocenters. The van der Waals surface area contributed by atoms with E-state index in [1.807, 2.05) is 0 Å². The molecule has 0 spiro atoms. The Balaban J connectivity index is 2.21. The number of rotatable bonds is 2. The van der Waals surface area contributed by atoms with Crippen LogP contribution in [0.2, 0.25) is 5.02 Å². The average Bonchev–Trinajstić information content (AvgIpc) is 2.70. The molecule has 1 aromatic heterocycles. The summed E-state index contributed by atoms with van der Waals surface area (Å²) in [6.45, 7) is 0. The molecule has 6 heteroatoms. The highest BCUT2D eigenvalue weighted by molar-refractivity contribution is 9.10. The minimum atomic E-state index is -0.385. The van der Waals surface area contributed by atoms with E-state index in [1.165, 1.54) is 0 Å². The maximum atomic E-state index is 11.8. The Bertz CT molecular complexity index is 568. The van der Waals surface area contributed by atoms with E-state index in [2.05, 4.69) is 21.2 Å². The topological polar surface area (TPSA) is 68.3 Å². The maximum Gasteiger partial charge on any atom is 0.291 e. The molecule has 0 saturated carbocycles. The van der Waals surface area contributed by atoms with Crippen LogP contribution in [-0.4, -0.2) is 5.91 Å². The quantitative estimate of drug-likeness (QED) is 0.833. The summed E-state index contributed by atoms with van der Waals surface area (Å²) in [5.74, 6) is -0.194. The van der Waals surface area contributed by atoms with Crippen molar-refractivity contribution in [3.8, 4) is 0 Å². The van der Waals surface area contributed by atoms with Gasteiger partial charge in [0.1, 0.15) is 0 Å². The fourth-order valence-electron chi connectivity index (χ4n) is 1.26. The highest BCUT2D eigenvalue weighted by atomic mass is 79.9. The first-order valence-electron chi connectivity index (χ1n) is 4.68. The molecule has 0 aliphatic carbocycles. The molecule has 0 fully saturated rings. The third-order valence-electron chi connectivity index (χ3n) is 2.06. The molecule has 3 N–H and O–H groups in total. The zero-order valence-electron chi connectivity index (χ0n) is 8.54. The smallest absolute Gasteiger partial charge is 0.291 e. The van der Waals surface area contributed by atoms with E-state index < -0.39 is 0 Å². The lowest BCUT2D eigenvalue weighted by Crippen LogP contribution is -2.12. The van der Waals surface area contributed by atoms with Crippen molar-refractivity contribution in [2.75, 3.05) is 11.1 Å². The van der Waals surface area contributed by atoms with E-state index in [4.69, 9.17) is 21.8 Å². The summed E-state index contributed by atoms with van der Waals surface area (Å²) in [4.78, 5) is 11.8. The second-order valence-electron chi connectivity index (χ2n) is 3.29. The van der Waals surface area contributed by atoms with E-state index in [0.717, 1.165) is 0 Å². The van der Waals surface area contributed by atoms with E-state index in [0.29, 0.717) is 21.1 Å². The fourth-order valence-corrected chi connectivity index (χ4v) is 1.74. The van der Waals surface area contributed by atoms with E-state index in [1.54, 1.807) is 30.3 Å². The summed E-state index contributed by atoms with van der Waals surface area (Å²) in [5, 5.41) is 3.11. The van der Waals surface area contributed by atoms with Crippen LogP contribution in [0, 0.1) is 0 Å². The van der Waals surface area contributed by atoms with Gasteiger partial charge in [-0.1, -0.05) is 11.6 Å². The molecule has 0 aliphatic rings. The lowest BCUT2D eigenvalue weighted by atomic mass is 10.2. The number of anilines is 2. The molecule has 0 saturated heterocycles. The minimum Gasteiger partial charge on any atom is -0.444 e. The van der Waals surface area contributed by atoms with Crippen molar-refractivity contribution in [1.82, 2.24) is 0 Å². The minimum absolute atomic E-state index is 0.191. The SMILES string of the molecule is Nc1ccc(Cl)cc1NC(=O)c1ccc(Br)o1. The Morgan fingerprint density at radius 1 is 1.35 bits per heavy atom. The number of carbonyl (C=O) groups is 1. The van der Waals surface area contributed by atoms with Crippen LogP contribution in [0.15, 0.2) is 39.4 Å². The maximum absolute atomic E-state index is 11.8. The summed E-state index contributed by atoms with van der Waals surface area (Å²) in [7, 11) is 0. The number of nitrogen functional groups attached to an aromatic ring is 1. The Kier molecular flexibility index (Phi) is 3.40. The highest BCUT2D eigenvalue weighted by Crippen LogP contribution is 2.24. The summed E-state index contributed by atoms with van der Waals surface area (Å²) < 4.78 is 5.61. The lowest BCUT2D eigenvalue weighted by Gasteiger charge is -2.06. The summed E-state index contributed by atoms with van der Waals surface area (Å²) in [6.07, 6.45) is 0. The van der Waals surface area contributed by atoms with Gasteiger partial charge in [0.25, 0.3) is 5.91 Å². The zero-order valence-corrected chi connectivity index (χ0v) is 10.9. The van der Waals surface area contributed by atoms with Crippen LogP contribution in [0.3, 0.4) is 0 Å². The molecular weight excluding hydrogens is 307 g/mol. The van der Waals surface area contributed by atoms with Gasteiger partial charge in [-0.3, -0.25) is 4.79 Å². The number of hydrogen-bond acceptors (Lipinski definition) is 3. The van der Waals surface area contributed by atoms with Crippen LogP contribution in [-0.2, 0) is 0 Å². The molecule has 0 aliphatic heterocycles. The van der Waals surface area contributed by atoms with Crippen LogP contribution in [0.1, 0.15) is 10.6 Å². The number of nitrogens with one attached hydrogen (secondary N) is 1. The summed E-state index contributed by atoms with van der Waals surface area (Å²) >= 11 is 8.93. The lowest BCUT2D eigenvalue weighted by molar-refractivity contribution is 0.0995. The highest BCUT2D eigenvalue weighted by Gasteiger charge is 2.12. The molecule has 2 aromatic rings. The predicted molar refractivity (Wildman–Crippen MR) is 70.2 cm³/mol. The van der Waals surface area contributed by atoms with Crippen LogP contribution < -0.4 is 11.1 Å². The predicted octanol–water partition coefficient (Wildman–Crippen LogP) is 3.53. The van der Waals surface area contributed by atoms with Crippen molar-refractivity contribution in [2.24, 2.45) is 0 Å². The Hall–Kier alpha value is -1.46. The van der Waals surface area contributed by atoms with Crippen molar-refractivity contribution in [3.05, 3.63) is 45.8 Å². The fraction of sp³-hybridized carbons (Fsp3) is 0.